The second-order valence-electron chi connectivity index (χ2n) is 16.0. The van der Waals surface area contributed by atoms with Crippen molar-refractivity contribution in [2.24, 2.45) is 0 Å². The molecule has 0 radical (unpaired) electrons. The molecular formula is C53H44BN. The highest BCUT2D eigenvalue weighted by Gasteiger charge is 2.41. The molecule has 0 saturated carbocycles. The molecule has 9 aromatic carbocycles. The van der Waals surface area contributed by atoms with Crippen molar-refractivity contribution in [1.82, 2.24) is 0 Å². The minimum Gasteiger partial charge on any atom is -0.311 e. The van der Waals surface area contributed by atoms with Crippen molar-refractivity contribution in [1.29, 1.82) is 0 Å². The largest absolute Gasteiger partial charge is 0.311 e. The van der Waals surface area contributed by atoms with E-state index in [2.05, 4.69) is 193 Å². The van der Waals surface area contributed by atoms with Gasteiger partial charge in [-0.1, -0.05) is 143 Å². The van der Waals surface area contributed by atoms with E-state index < -0.39 is 0 Å². The molecule has 0 unspecified atom stereocenters. The van der Waals surface area contributed by atoms with E-state index in [1.165, 1.54) is 127 Å². The lowest BCUT2D eigenvalue weighted by molar-refractivity contribution is 1.30. The Kier molecular flexibility index (Phi) is 7.58. The van der Waals surface area contributed by atoms with E-state index >= 15 is 0 Å². The van der Waals surface area contributed by atoms with Gasteiger partial charge < -0.3 is 4.90 Å². The van der Waals surface area contributed by atoms with Crippen LogP contribution in [0.3, 0.4) is 0 Å². The predicted octanol–water partition coefficient (Wildman–Crippen LogP) is 12.4. The second-order valence-corrected chi connectivity index (χ2v) is 16.0. The predicted molar refractivity (Wildman–Crippen MR) is 240 cm³/mol. The van der Waals surface area contributed by atoms with Gasteiger partial charge in [-0.15, -0.1) is 0 Å². The second kappa shape index (κ2) is 12.5. The van der Waals surface area contributed by atoms with Gasteiger partial charge in [0.25, 0.3) is 0 Å². The summed E-state index contributed by atoms with van der Waals surface area (Å²) in [4.78, 5) is 2.58. The Labute approximate surface area is 325 Å². The normalized spacial score (nSPS) is 12.6. The zero-order valence-electron chi connectivity index (χ0n) is 32.8. The number of benzene rings is 9. The Morgan fingerprint density at radius 1 is 0.418 bits per heavy atom. The van der Waals surface area contributed by atoms with Crippen molar-refractivity contribution in [3.8, 4) is 22.3 Å². The van der Waals surface area contributed by atoms with E-state index in [0.29, 0.717) is 0 Å². The number of aryl methyl sites for hydroxylation is 7. The molecule has 9 aromatic rings. The molecule has 2 heteroatoms. The molecule has 0 aromatic heterocycles. The van der Waals surface area contributed by atoms with Gasteiger partial charge >= 0.3 is 0 Å². The summed E-state index contributed by atoms with van der Waals surface area (Å²) in [5.74, 6) is 0. The number of para-hydroxylation sites is 2. The minimum absolute atomic E-state index is 0.0212. The molecular weight excluding hydrogens is 661 g/mol. The van der Waals surface area contributed by atoms with Crippen LogP contribution in [0.1, 0.15) is 38.9 Å². The zero-order chi connectivity index (χ0) is 37.7. The average molecular weight is 706 g/mol. The lowest BCUT2D eigenvalue weighted by Crippen LogP contribution is -2.59. The third-order valence-corrected chi connectivity index (χ3v) is 12.5. The molecule has 1 aliphatic rings. The van der Waals surface area contributed by atoms with Crippen LogP contribution in [0, 0.1) is 48.5 Å². The van der Waals surface area contributed by atoms with Gasteiger partial charge in [-0.3, -0.25) is 0 Å². The molecule has 0 N–H and O–H groups in total. The van der Waals surface area contributed by atoms with Crippen LogP contribution in [-0.2, 0) is 0 Å². The van der Waals surface area contributed by atoms with Gasteiger partial charge in [0.2, 0.25) is 6.71 Å². The number of anilines is 3. The topological polar surface area (TPSA) is 3.24 Å². The molecule has 10 rings (SSSR count). The summed E-state index contributed by atoms with van der Waals surface area (Å²) in [6.45, 7) is 16.0. The summed E-state index contributed by atoms with van der Waals surface area (Å²) in [5, 5.41) is 7.89. The fraction of sp³-hybridized carbons (Fsp3) is 0.132. The highest BCUT2D eigenvalue weighted by molar-refractivity contribution is 6.99. The summed E-state index contributed by atoms with van der Waals surface area (Å²) in [7, 11) is 0. The highest BCUT2D eigenvalue weighted by atomic mass is 15.2. The molecule has 55 heavy (non-hydrogen) atoms. The van der Waals surface area contributed by atoms with E-state index in [-0.39, 0.29) is 6.71 Å². The van der Waals surface area contributed by atoms with Crippen molar-refractivity contribution in [3.63, 3.8) is 0 Å². The van der Waals surface area contributed by atoms with Crippen molar-refractivity contribution < 1.29 is 0 Å². The van der Waals surface area contributed by atoms with Gasteiger partial charge in [0.15, 0.2) is 0 Å². The summed E-state index contributed by atoms with van der Waals surface area (Å²) in [5.41, 5.74) is 22.4. The van der Waals surface area contributed by atoms with E-state index in [1.807, 2.05) is 0 Å². The average Bonchev–Trinajstić information content (AvgIpc) is 3.17. The van der Waals surface area contributed by atoms with Crippen LogP contribution in [-0.4, -0.2) is 6.71 Å². The van der Waals surface area contributed by atoms with Crippen LogP contribution in [0.15, 0.2) is 140 Å². The summed E-state index contributed by atoms with van der Waals surface area (Å²) in [6, 6.07) is 52.9. The number of hydrogen-bond acceptors (Lipinski definition) is 1. The maximum atomic E-state index is 2.58. The van der Waals surface area contributed by atoms with Crippen LogP contribution >= 0.6 is 0 Å². The maximum absolute atomic E-state index is 2.58. The number of hydrogen-bond donors (Lipinski definition) is 0. The van der Waals surface area contributed by atoms with Crippen molar-refractivity contribution >= 4 is 72.5 Å². The quantitative estimate of drug-likeness (QED) is 0.130. The first-order valence-corrected chi connectivity index (χ1v) is 19.6. The first-order valence-electron chi connectivity index (χ1n) is 19.6. The molecule has 1 heterocycles. The minimum atomic E-state index is 0.0212. The van der Waals surface area contributed by atoms with Crippen LogP contribution in [0.2, 0.25) is 0 Å². The van der Waals surface area contributed by atoms with Gasteiger partial charge in [0.1, 0.15) is 0 Å². The Morgan fingerprint density at radius 3 is 1.69 bits per heavy atom. The fourth-order valence-electron chi connectivity index (χ4n) is 10.4. The van der Waals surface area contributed by atoms with Gasteiger partial charge in [0, 0.05) is 27.8 Å². The molecule has 1 nitrogen and oxygen atoms in total. The SMILES string of the molecule is Cc1cc(C)c(B2c3ccccc3N(c3ccccc3)c3c2c(-c2c(C)cccc2C)c2ccc4ccc(-c5c(C)cccc5C)c5ccc3c2c45)c(C)c1. The summed E-state index contributed by atoms with van der Waals surface area (Å²) >= 11 is 0. The van der Waals surface area contributed by atoms with E-state index in [9.17, 15) is 0 Å². The smallest absolute Gasteiger partial charge is 0.248 e. The first-order chi connectivity index (χ1) is 26.7. The standard InChI is InChI=1S/C53H44BN/c1-31-29-36(6)51(37(7)30-31)54-44-21-11-12-22-45(44)55(39-19-9-8-10-20-39)53-43-28-27-41-40(46-32(2)15-13-16-33(46)3)25-23-38-24-26-42(49(43)48(38)41)50(52(53)54)47-34(4)17-14-18-35(47)5/h8-30H,1-7H3. The molecule has 0 bridgehead atoms. The van der Waals surface area contributed by atoms with Crippen LogP contribution in [0.5, 0.6) is 0 Å². The highest BCUT2D eigenvalue weighted by Crippen LogP contribution is 2.50. The lowest BCUT2D eigenvalue weighted by Gasteiger charge is -2.41. The van der Waals surface area contributed by atoms with Gasteiger partial charge in [-0.25, -0.2) is 0 Å². The van der Waals surface area contributed by atoms with Crippen molar-refractivity contribution in [3.05, 3.63) is 178 Å². The Bertz CT molecular complexity index is 2940. The molecule has 0 aliphatic carbocycles. The van der Waals surface area contributed by atoms with E-state index in [1.54, 1.807) is 0 Å². The Hall–Kier alpha value is -6.12. The molecule has 0 atom stereocenters. The van der Waals surface area contributed by atoms with Crippen LogP contribution in [0.25, 0.3) is 54.6 Å². The molecule has 1 aliphatic heterocycles. The molecule has 0 amide bonds. The summed E-state index contributed by atoms with van der Waals surface area (Å²) in [6.07, 6.45) is 0. The Morgan fingerprint density at radius 2 is 1.00 bits per heavy atom. The zero-order valence-corrected chi connectivity index (χ0v) is 32.8. The van der Waals surface area contributed by atoms with Crippen molar-refractivity contribution in [2.45, 2.75) is 48.5 Å². The fourth-order valence-corrected chi connectivity index (χ4v) is 10.4. The van der Waals surface area contributed by atoms with Gasteiger partial charge in [-0.05, 0) is 144 Å². The molecule has 0 fully saturated rings. The molecule has 0 saturated heterocycles. The Balaban J connectivity index is 1.48. The van der Waals surface area contributed by atoms with E-state index in [4.69, 9.17) is 0 Å². The van der Waals surface area contributed by atoms with E-state index in [0.717, 1.165) is 0 Å². The lowest BCUT2D eigenvalue weighted by atomic mass is 9.32. The van der Waals surface area contributed by atoms with Gasteiger partial charge in [0.05, 0.1) is 0 Å². The monoisotopic (exact) mass is 705 g/mol. The molecule has 264 valence electrons. The molecule has 0 spiro atoms. The number of nitrogens with zero attached hydrogens (tertiary/aromatic N) is 1. The van der Waals surface area contributed by atoms with Crippen molar-refractivity contribution in [2.75, 3.05) is 4.90 Å². The maximum Gasteiger partial charge on any atom is 0.248 e. The first kappa shape index (κ1) is 33.5. The number of rotatable bonds is 4. The number of fused-ring (bicyclic) bond motifs is 3. The van der Waals surface area contributed by atoms with Gasteiger partial charge in [-0.2, -0.15) is 0 Å². The third kappa shape index (κ3) is 4.87. The van der Waals surface area contributed by atoms with Crippen LogP contribution in [0.4, 0.5) is 17.1 Å². The summed E-state index contributed by atoms with van der Waals surface area (Å²) < 4.78 is 0. The third-order valence-electron chi connectivity index (χ3n) is 12.5. The van der Waals surface area contributed by atoms with Crippen LogP contribution < -0.4 is 21.3 Å².